The van der Waals surface area contributed by atoms with Gasteiger partial charge in [0.15, 0.2) is 0 Å². The molecule has 0 aromatic carbocycles. The van der Waals surface area contributed by atoms with Crippen LogP contribution in [-0.2, 0) is 4.74 Å². The number of hydrogen-bond donors (Lipinski definition) is 1. The van der Waals surface area contributed by atoms with Crippen molar-refractivity contribution in [2.24, 2.45) is 0 Å². The van der Waals surface area contributed by atoms with Crippen LogP contribution in [0, 0.1) is 0 Å². The molecule has 1 aliphatic heterocycles. The largest absolute Gasteiger partial charge is 0.478 e. The molecule has 1 N–H and O–H groups in total. The normalized spacial score (nSPS) is 19.6. The molecule has 0 spiro atoms. The van der Waals surface area contributed by atoms with E-state index in [2.05, 4.69) is 9.88 Å². The van der Waals surface area contributed by atoms with Crippen molar-refractivity contribution in [2.75, 3.05) is 25.2 Å². The minimum absolute atomic E-state index is 0.219. The Morgan fingerprint density at radius 1 is 1.65 bits per heavy atom. The lowest BCUT2D eigenvalue weighted by atomic mass is 10.2. The fourth-order valence-corrected chi connectivity index (χ4v) is 2.19. The Balaban J connectivity index is 2.13. The van der Waals surface area contributed by atoms with Gasteiger partial charge < -0.3 is 14.7 Å². The van der Waals surface area contributed by atoms with E-state index in [1.165, 1.54) is 6.20 Å². The zero-order valence-electron chi connectivity index (χ0n) is 9.80. The molecule has 0 aliphatic carbocycles. The molecule has 17 heavy (non-hydrogen) atoms. The highest BCUT2D eigenvalue weighted by molar-refractivity contribution is 5.87. The quantitative estimate of drug-likeness (QED) is 0.856. The number of carboxylic acids is 1. The minimum atomic E-state index is -0.945. The van der Waals surface area contributed by atoms with Crippen molar-refractivity contribution in [2.45, 2.75) is 18.9 Å². The second kappa shape index (κ2) is 5.14. The third-order valence-corrected chi connectivity index (χ3v) is 3.03. The highest BCUT2D eigenvalue weighted by atomic mass is 16.5. The predicted molar refractivity (Wildman–Crippen MR) is 63.4 cm³/mol. The summed E-state index contributed by atoms with van der Waals surface area (Å²) in [7, 11) is 1.69. The molecular formula is C12H16N2O3. The van der Waals surface area contributed by atoms with Gasteiger partial charge in [-0.05, 0) is 25.0 Å². The molecule has 1 saturated heterocycles. The molecule has 1 aliphatic rings. The second-order valence-electron chi connectivity index (χ2n) is 4.16. The fraction of sp³-hybridized carbons (Fsp3) is 0.500. The smallest absolute Gasteiger partial charge is 0.337 e. The van der Waals surface area contributed by atoms with E-state index in [1.807, 2.05) is 0 Å². The van der Waals surface area contributed by atoms with E-state index in [9.17, 15) is 4.79 Å². The number of anilines is 1. The number of aromatic nitrogens is 1. The molecule has 1 fully saturated rings. The SMILES string of the molecule is COCC1CCCN1c1ccc(C(=O)O)cn1. The highest BCUT2D eigenvalue weighted by Crippen LogP contribution is 2.23. The van der Waals surface area contributed by atoms with Crippen LogP contribution in [0.2, 0.25) is 0 Å². The first-order valence-corrected chi connectivity index (χ1v) is 5.67. The van der Waals surface area contributed by atoms with Gasteiger partial charge in [-0.25, -0.2) is 9.78 Å². The lowest BCUT2D eigenvalue weighted by molar-refractivity contribution is 0.0696. The van der Waals surface area contributed by atoms with Crippen LogP contribution in [0.3, 0.4) is 0 Å². The van der Waals surface area contributed by atoms with E-state index in [4.69, 9.17) is 9.84 Å². The van der Waals surface area contributed by atoms with Crippen LogP contribution in [-0.4, -0.2) is 42.4 Å². The van der Waals surface area contributed by atoms with E-state index in [0.29, 0.717) is 12.6 Å². The molecule has 1 aromatic rings. The van der Waals surface area contributed by atoms with Crippen molar-refractivity contribution < 1.29 is 14.6 Å². The first-order valence-electron chi connectivity index (χ1n) is 5.67. The Labute approximate surface area is 100 Å². The van der Waals surface area contributed by atoms with Gasteiger partial charge in [-0.3, -0.25) is 0 Å². The number of methoxy groups -OCH3 is 1. The minimum Gasteiger partial charge on any atom is -0.478 e. The van der Waals surface area contributed by atoms with E-state index in [-0.39, 0.29) is 5.56 Å². The van der Waals surface area contributed by atoms with Crippen LogP contribution in [0.1, 0.15) is 23.2 Å². The topological polar surface area (TPSA) is 62.7 Å². The summed E-state index contributed by atoms with van der Waals surface area (Å²) in [4.78, 5) is 17.1. The first-order chi connectivity index (χ1) is 8.22. The molecule has 92 valence electrons. The van der Waals surface area contributed by atoms with E-state index < -0.39 is 5.97 Å². The Kier molecular flexibility index (Phi) is 3.58. The number of carboxylic acid groups (broad SMARTS) is 1. The molecule has 0 radical (unpaired) electrons. The average Bonchev–Trinajstić information content (AvgIpc) is 2.78. The van der Waals surface area contributed by atoms with Crippen molar-refractivity contribution in [3.8, 4) is 0 Å². The van der Waals surface area contributed by atoms with Gasteiger partial charge in [-0.2, -0.15) is 0 Å². The van der Waals surface area contributed by atoms with Crippen LogP contribution >= 0.6 is 0 Å². The lowest BCUT2D eigenvalue weighted by Crippen LogP contribution is -2.33. The van der Waals surface area contributed by atoms with Gasteiger partial charge in [0.2, 0.25) is 0 Å². The van der Waals surface area contributed by atoms with Crippen molar-refractivity contribution in [3.63, 3.8) is 0 Å². The molecule has 2 heterocycles. The Morgan fingerprint density at radius 3 is 3.06 bits per heavy atom. The summed E-state index contributed by atoms with van der Waals surface area (Å²) >= 11 is 0. The number of ether oxygens (including phenoxy) is 1. The third-order valence-electron chi connectivity index (χ3n) is 3.03. The maximum atomic E-state index is 10.7. The van der Waals surface area contributed by atoms with Crippen molar-refractivity contribution in [3.05, 3.63) is 23.9 Å². The van der Waals surface area contributed by atoms with Gasteiger partial charge in [0, 0.05) is 19.9 Å². The maximum absolute atomic E-state index is 10.7. The van der Waals surface area contributed by atoms with Crippen molar-refractivity contribution in [1.82, 2.24) is 4.98 Å². The summed E-state index contributed by atoms with van der Waals surface area (Å²) in [6.45, 7) is 1.63. The van der Waals surface area contributed by atoms with Crippen LogP contribution < -0.4 is 4.90 Å². The summed E-state index contributed by atoms with van der Waals surface area (Å²) in [6, 6.07) is 3.70. The van der Waals surface area contributed by atoms with Crippen molar-refractivity contribution in [1.29, 1.82) is 0 Å². The van der Waals surface area contributed by atoms with E-state index in [0.717, 1.165) is 25.2 Å². The molecule has 5 nitrogen and oxygen atoms in total. The standard InChI is InChI=1S/C12H16N2O3/c1-17-8-10-3-2-6-14(10)11-5-4-9(7-13-11)12(15)16/h4-5,7,10H,2-3,6,8H2,1H3,(H,15,16). The summed E-state index contributed by atoms with van der Waals surface area (Å²) in [5.74, 6) is -0.117. The molecule has 0 amide bonds. The number of nitrogens with zero attached hydrogens (tertiary/aromatic N) is 2. The van der Waals surface area contributed by atoms with Crippen LogP contribution in [0.25, 0.3) is 0 Å². The monoisotopic (exact) mass is 236 g/mol. The van der Waals surface area contributed by atoms with Gasteiger partial charge >= 0.3 is 5.97 Å². The fourth-order valence-electron chi connectivity index (χ4n) is 2.19. The molecule has 1 aromatic heterocycles. The van der Waals surface area contributed by atoms with Crippen molar-refractivity contribution >= 4 is 11.8 Å². The predicted octanol–water partition coefficient (Wildman–Crippen LogP) is 1.40. The Morgan fingerprint density at radius 2 is 2.47 bits per heavy atom. The van der Waals surface area contributed by atoms with Crippen LogP contribution in [0.15, 0.2) is 18.3 Å². The van der Waals surface area contributed by atoms with Gasteiger partial charge in [0.25, 0.3) is 0 Å². The number of carbonyl (C=O) groups is 1. The zero-order valence-corrected chi connectivity index (χ0v) is 9.80. The highest BCUT2D eigenvalue weighted by Gasteiger charge is 2.25. The molecule has 1 unspecified atom stereocenters. The number of hydrogen-bond acceptors (Lipinski definition) is 4. The van der Waals surface area contributed by atoms with Gasteiger partial charge in [0.1, 0.15) is 5.82 Å². The summed E-state index contributed by atoms with van der Waals surface area (Å²) < 4.78 is 5.18. The molecule has 1 atom stereocenters. The van der Waals surface area contributed by atoms with E-state index >= 15 is 0 Å². The molecule has 5 heteroatoms. The molecule has 2 rings (SSSR count). The second-order valence-corrected chi connectivity index (χ2v) is 4.16. The third kappa shape index (κ3) is 2.55. The maximum Gasteiger partial charge on any atom is 0.337 e. The summed E-state index contributed by atoms with van der Waals surface area (Å²) in [5, 5.41) is 8.80. The Bertz CT molecular complexity index is 391. The zero-order chi connectivity index (χ0) is 12.3. The Hall–Kier alpha value is -1.62. The number of aromatic carboxylic acids is 1. The molecule has 0 bridgehead atoms. The van der Waals surface area contributed by atoms with Crippen LogP contribution in [0.4, 0.5) is 5.82 Å². The summed E-state index contributed by atoms with van der Waals surface area (Å²) in [6.07, 6.45) is 3.62. The molecular weight excluding hydrogens is 220 g/mol. The average molecular weight is 236 g/mol. The van der Waals surface area contributed by atoms with Crippen LogP contribution in [0.5, 0.6) is 0 Å². The number of pyridine rings is 1. The van der Waals surface area contributed by atoms with Gasteiger partial charge in [0.05, 0.1) is 18.2 Å². The number of rotatable bonds is 4. The lowest BCUT2D eigenvalue weighted by Gasteiger charge is -2.25. The van der Waals surface area contributed by atoms with Gasteiger partial charge in [-0.15, -0.1) is 0 Å². The van der Waals surface area contributed by atoms with Gasteiger partial charge in [-0.1, -0.05) is 0 Å². The molecule has 0 saturated carbocycles. The van der Waals surface area contributed by atoms with E-state index in [1.54, 1.807) is 19.2 Å². The summed E-state index contributed by atoms with van der Waals surface area (Å²) in [5.41, 5.74) is 0.219. The first kappa shape index (κ1) is 11.9.